The van der Waals surface area contributed by atoms with Crippen LogP contribution >= 0.6 is 23.1 Å². The minimum atomic E-state index is -0.111. The highest BCUT2D eigenvalue weighted by atomic mass is 32.2. The minimum Gasteiger partial charge on any atom is -0.334 e. The second kappa shape index (κ2) is 9.15. The zero-order chi connectivity index (χ0) is 22.9. The molecule has 0 N–H and O–H groups in total. The van der Waals surface area contributed by atoms with Crippen LogP contribution in [0.25, 0.3) is 16.6 Å². The van der Waals surface area contributed by atoms with Gasteiger partial charge in [-0.05, 0) is 61.9 Å². The fourth-order valence-corrected chi connectivity index (χ4v) is 6.29. The normalized spacial score (nSPS) is 15.9. The maximum Gasteiger partial charge on any atom is 0.266 e. The summed E-state index contributed by atoms with van der Waals surface area (Å²) in [5.41, 5.74) is 3.48. The first-order valence-corrected chi connectivity index (χ1v) is 12.9. The van der Waals surface area contributed by atoms with Gasteiger partial charge in [0.25, 0.3) is 5.56 Å². The SMILES string of the molecule is Cc1ccc(-n2c(SCC(=O)N3CCCC3c3cccs3)nc3ccccc3c2=O)c(C)c1. The molecule has 1 atom stereocenters. The highest BCUT2D eigenvalue weighted by Crippen LogP contribution is 2.35. The summed E-state index contributed by atoms with van der Waals surface area (Å²) in [5.74, 6) is 0.336. The number of hydrogen-bond acceptors (Lipinski definition) is 5. The Balaban J connectivity index is 1.50. The van der Waals surface area contributed by atoms with Crippen molar-refractivity contribution in [3.8, 4) is 5.69 Å². The molecule has 1 aliphatic heterocycles. The lowest BCUT2D eigenvalue weighted by Crippen LogP contribution is -2.32. The molecular formula is C26H25N3O2S2. The monoisotopic (exact) mass is 475 g/mol. The number of aromatic nitrogens is 2. The number of thioether (sulfide) groups is 1. The van der Waals surface area contributed by atoms with Crippen molar-refractivity contribution in [2.45, 2.75) is 37.9 Å². The van der Waals surface area contributed by atoms with Gasteiger partial charge >= 0.3 is 0 Å². The molecule has 3 heterocycles. The van der Waals surface area contributed by atoms with E-state index in [4.69, 9.17) is 4.98 Å². The molecule has 2 aromatic heterocycles. The number of aryl methyl sites for hydroxylation is 2. The minimum absolute atomic E-state index is 0.0884. The summed E-state index contributed by atoms with van der Waals surface area (Å²) >= 11 is 3.05. The third-order valence-electron chi connectivity index (χ3n) is 6.11. The summed E-state index contributed by atoms with van der Waals surface area (Å²) < 4.78 is 1.66. The van der Waals surface area contributed by atoms with Crippen molar-refractivity contribution in [2.24, 2.45) is 0 Å². The largest absolute Gasteiger partial charge is 0.334 e. The van der Waals surface area contributed by atoms with Crippen LogP contribution in [0.2, 0.25) is 0 Å². The fraction of sp³-hybridized carbons (Fsp3) is 0.269. The van der Waals surface area contributed by atoms with E-state index in [1.54, 1.807) is 22.0 Å². The highest BCUT2D eigenvalue weighted by Gasteiger charge is 2.30. The Labute approximate surface area is 201 Å². The summed E-state index contributed by atoms with van der Waals surface area (Å²) in [5, 5.41) is 3.18. The van der Waals surface area contributed by atoms with E-state index >= 15 is 0 Å². The van der Waals surface area contributed by atoms with Gasteiger partial charge in [0.1, 0.15) is 0 Å². The van der Waals surface area contributed by atoms with Gasteiger partial charge in [-0.15, -0.1) is 11.3 Å². The predicted octanol–water partition coefficient (Wildman–Crippen LogP) is 5.52. The molecule has 168 valence electrons. The molecule has 33 heavy (non-hydrogen) atoms. The first-order chi connectivity index (χ1) is 16.0. The number of hydrogen-bond donors (Lipinski definition) is 0. The molecule has 1 fully saturated rings. The molecule has 0 radical (unpaired) electrons. The summed E-state index contributed by atoms with van der Waals surface area (Å²) in [6, 6.07) is 17.7. The Hall–Kier alpha value is -2.90. The maximum atomic E-state index is 13.5. The molecule has 5 rings (SSSR count). The topological polar surface area (TPSA) is 55.2 Å². The van der Waals surface area contributed by atoms with Crippen LogP contribution < -0.4 is 5.56 Å². The summed E-state index contributed by atoms with van der Waals surface area (Å²) in [7, 11) is 0. The standard InChI is InChI=1S/C26H25N3O2S2/c1-17-11-12-21(18(2)15-17)29-25(31)19-7-3-4-8-20(19)27-26(29)33-16-24(30)28-13-5-9-22(28)23-10-6-14-32-23/h3-4,6-8,10-12,14-15,22H,5,9,13,16H2,1-2H3. The molecule has 7 heteroatoms. The first-order valence-electron chi connectivity index (χ1n) is 11.1. The first kappa shape index (κ1) is 21.9. The van der Waals surface area contributed by atoms with Crippen LogP contribution in [0.3, 0.4) is 0 Å². The molecule has 1 unspecified atom stereocenters. The lowest BCUT2D eigenvalue weighted by Gasteiger charge is -2.24. The predicted molar refractivity (Wildman–Crippen MR) is 136 cm³/mol. The number of carbonyl (C=O) groups is 1. The molecule has 0 spiro atoms. The van der Waals surface area contributed by atoms with Crippen molar-refractivity contribution < 1.29 is 4.79 Å². The van der Waals surface area contributed by atoms with E-state index < -0.39 is 0 Å². The van der Waals surface area contributed by atoms with Gasteiger partial charge in [-0.3, -0.25) is 14.2 Å². The van der Waals surface area contributed by atoms with Crippen molar-refractivity contribution in [3.05, 3.63) is 86.3 Å². The Morgan fingerprint density at radius 3 is 2.79 bits per heavy atom. The van der Waals surface area contributed by atoms with E-state index in [1.165, 1.54) is 16.6 Å². The number of likely N-dealkylation sites (tertiary alicyclic amines) is 1. The van der Waals surface area contributed by atoms with E-state index in [-0.39, 0.29) is 23.3 Å². The van der Waals surface area contributed by atoms with E-state index in [0.717, 1.165) is 36.2 Å². The molecule has 0 bridgehead atoms. The van der Waals surface area contributed by atoms with Crippen LogP contribution in [-0.4, -0.2) is 32.7 Å². The van der Waals surface area contributed by atoms with Crippen LogP contribution in [-0.2, 0) is 4.79 Å². The summed E-state index contributed by atoms with van der Waals surface area (Å²) in [6.07, 6.45) is 2.01. The smallest absolute Gasteiger partial charge is 0.266 e. The second-order valence-electron chi connectivity index (χ2n) is 8.39. The number of para-hydroxylation sites is 1. The fourth-order valence-electron chi connectivity index (χ4n) is 4.53. The van der Waals surface area contributed by atoms with Gasteiger partial charge in [-0.1, -0.05) is 47.7 Å². The van der Waals surface area contributed by atoms with Gasteiger partial charge in [0.05, 0.1) is 28.4 Å². The summed E-state index contributed by atoms with van der Waals surface area (Å²) in [4.78, 5) is 34.8. The van der Waals surface area contributed by atoms with E-state index in [2.05, 4.69) is 17.5 Å². The van der Waals surface area contributed by atoms with Crippen LogP contribution in [0.5, 0.6) is 0 Å². The maximum absolute atomic E-state index is 13.5. The van der Waals surface area contributed by atoms with Crippen molar-refractivity contribution in [1.82, 2.24) is 14.5 Å². The lowest BCUT2D eigenvalue weighted by atomic mass is 10.1. The van der Waals surface area contributed by atoms with E-state index in [1.807, 2.05) is 55.1 Å². The zero-order valence-corrected chi connectivity index (χ0v) is 20.3. The Bertz CT molecular complexity index is 1380. The number of carbonyl (C=O) groups excluding carboxylic acids is 1. The van der Waals surface area contributed by atoms with Crippen LogP contribution in [0, 0.1) is 13.8 Å². The van der Waals surface area contributed by atoms with Gasteiger partial charge in [-0.2, -0.15) is 0 Å². The van der Waals surface area contributed by atoms with E-state index in [9.17, 15) is 9.59 Å². The number of nitrogens with zero attached hydrogens (tertiary/aromatic N) is 3. The van der Waals surface area contributed by atoms with Gasteiger partial charge in [0.15, 0.2) is 5.16 Å². The Kier molecular flexibility index (Phi) is 6.08. The molecule has 0 saturated carbocycles. The molecule has 0 aliphatic carbocycles. The van der Waals surface area contributed by atoms with Gasteiger partial charge in [-0.25, -0.2) is 4.98 Å². The Morgan fingerprint density at radius 1 is 1.15 bits per heavy atom. The number of rotatable bonds is 5. The van der Waals surface area contributed by atoms with Crippen molar-refractivity contribution in [1.29, 1.82) is 0 Å². The zero-order valence-electron chi connectivity index (χ0n) is 18.7. The molecule has 1 aliphatic rings. The van der Waals surface area contributed by atoms with Gasteiger partial charge in [0.2, 0.25) is 5.91 Å². The molecular weight excluding hydrogens is 450 g/mol. The average Bonchev–Trinajstić information content (AvgIpc) is 3.50. The summed E-state index contributed by atoms with van der Waals surface area (Å²) in [6.45, 7) is 4.81. The van der Waals surface area contributed by atoms with Crippen molar-refractivity contribution in [2.75, 3.05) is 12.3 Å². The number of thiophene rings is 1. The number of fused-ring (bicyclic) bond motifs is 1. The van der Waals surface area contributed by atoms with Gasteiger partial charge in [0, 0.05) is 11.4 Å². The highest BCUT2D eigenvalue weighted by molar-refractivity contribution is 7.99. The van der Waals surface area contributed by atoms with Crippen molar-refractivity contribution >= 4 is 39.9 Å². The third-order valence-corrected chi connectivity index (χ3v) is 8.00. The molecule has 1 saturated heterocycles. The molecule has 4 aromatic rings. The van der Waals surface area contributed by atoms with Crippen LogP contribution in [0.15, 0.2) is 69.9 Å². The van der Waals surface area contributed by atoms with Crippen LogP contribution in [0.1, 0.15) is 34.9 Å². The van der Waals surface area contributed by atoms with Gasteiger partial charge < -0.3 is 4.90 Å². The molecule has 2 aromatic carbocycles. The Morgan fingerprint density at radius 2 is 2.00 bits per heavy atom. The lowest BCUT2D eigenvalue weighted by molar-refractivity contribution is -0.129. The van der Waals surface area contributed by atoms with E-state index in [0.29, 0.717) is 16.1 Å². The number of benzene rings is 2. The van der Waals surface area contributed by atoms with Crippen LogP contribution in [0.4, 0.5) is 0 Å². The third kappa shape index (κ3) is 4.23. The average molecular weight is 476 g/mol. The second-order valence-corrected chi connectivity index (χ2v) is 10.3. The number of amides is 1. The van der Waals surface area contributed by atoms with Crippen molar-refractivity contribution in [3.63, 3.8) is 0 Å². The molecule has 5 nitrogen and oxygen atoms in total. The quantitative estimate of drug-likeness (QED) is 0.282. The molecule has 1 amide bonds.